The normalized spacial score (nSPS) is 15.0. The fourth-order valence-electron chi connectivity index (χ4n) is 3.74. The van der Waals surface area contributed by atoms with E-state index in [4.69, 9.17) is 44.5 Å². The number of anilines is 2. The molecule has 0 bridgehead atoms. The lowest BCUT2D eigenvalue weighted by Crippen LogP contribution is -2.28. The molecule has 0 radical (unpaired) electrons. The molecule has 2 amide bonds. The molecular weight excluding hydrogens is 669 g/mol. The zero-order chi connectivity index (χ0) is 28.9. The minimum Gasteiger partial charge on any atom is -0.483 e. The smallest absolute Gasteiger partial charge is 0.271 e. The van der Waals surface area contributed by atoms with Crippen LogP contribution >= 0.6 is 62.5 Å². The monoisotopic (exact) mass is 685 g/mol. The number of benzene rings is 4. The number of halogens is 4. The van der Waals surface area contributed by atoms with Crippen molar-refractivity contribution in [1.82, 2.24) is 0 Å². The van der Waals surface area contributed by atoms with Crippen molar-refractivity contribution in [1.29, 1.82) is 0 Å². The van der Waals surface area contributed by atoms with Crippen LogP contribution in [0.5, 0.6) is 5.75 Å². The minimum atomic E-state index is -0.312. The van der Waals surface area contributed by atoms with Gasteiger partial charge in [-0.1, -0.05) is 40.9 Å². The number of thioether (sulfide) groups is 1. The summed E-state index contributed by atoms with van der Waals surface area (Å²) in [5.41, 5.74) is 2.68. The zero-order valence-corrected chi connectivity index (χ0v) is 25.7. The first kappa shape index (κ1) is 29.2. The average molecular weight is 688 g/mol. The molecule has 1 N–H and O–H groups in total. The van der Waals surface area contributed by atoms with Crippen LogP contribution in [0.15, 0.2) is 105 Å². The molecule has 0 saturated carbocycles. The van der Waals surface area contributed by atoms with Crippen molar-refractivity contribution in [2.45, 2.75) is 0 Å². The maximum absolute atomic E-state index is 13.6. The molecule has 0 atom stereocenters. The Morgan fingerprint density at radius 3 is 2.15 bits per heavy atom. The Morgan fingerprint density at radius 1 is 0.902 bits per heavy atom. The summed E-state index contributed by atoms with van der Waals surface area (Å²) in [6.45, 7) is -0.184. The lowest BCUT2D eigenvalue weighted by Gasteiger charge is -2.15. The standard InChI is InChI=1S/C30H19BrCl3N3O3S/c31-25-15-18(1-14-26(25)40-17-28(38)35-22-8-2-19(32)3-9-22)16-27-29(39)37(24-12-6-21(34)7-13-24)30(41-27)36-23-10-4-20(33)5-11-23/h1-16H,17H2,(H,35,38)/b27-16-,36-30?. The lowest BCUT2D eigenvalue weighted by atomic mass is 10.2. The van der Waals surface area contributed by atoms with E-state index in [9.17, 15) is 9.59 Å². The van der Waals surface area contributed by atoms with Gasteiger partial charge < -0.3 is 10.1 Å². The molecule has 4 aromatic rings. The maximum Gasteiger partial charge on any atom is 0.271 e. The van der Waals surface area contributed by atoms with Gasteiger partial charge in [0.1, 0.15) is 5.75 Å². The number of nitrogens with zero attached hydrogens (tertiary/aromatic N) is 2. The Morgan fingerprint density at radius 2 is 1.51 bits per heavy atom. The molecule has 4 aromatic carbocycles. The van der Waals surface area contributed by atoms with E-state index in [1.807, 2.05) is 6.07 Å². The van der Waals surface area contributed by atoms with Gasteiger partial charge in [0.05, 0.1) is 20.8 Å². The number of ether oxygens (including phenoxy) is 1. The quantitative estimate of drug-likeness (QED) is 0.197. The van der Waals surface area contributed by atoms with Crippen molar-refractivity contribution < 1.29 is 14.3 Å². The largest absolute Gasteiger partial charge is 0.483 e. The van der Waals surface area contributed by atoms with Gasteiger partial charge in [-0.05, 0) is 124 Å². The van der Waals surface area contributed by atoms with E-state index in [-0.39, 0.29) is 18.4 Å². The number of rotatable bonds is 7. The molecule has 206 valence electrons. The fourth-order valence-corrected chi connectivity index (χ4v) is 5.63. The van der Waals surface area contributed by atoms with Gasteiger partial charge in [0, 0.05) is 20.8 Å². The van der Waals surface area contributed by atoms with E-state index in [0.29, 0.717) is 52.4 Å². The molecular formula is C30H19BrCl3N3O3S. The highest BCUT2D eigenvalue weighted by atomic mass is 79.9. The molecule has 5 rings (SSSR count). The molecule has 1 saturated heterocycles. The van der Waals surface area contributed by atoms with Crippen LogP contribution < -0.4 is 15.0 Å². The van der Waals surface area contributed by atoms with Crippen molar-refractivity contribution in [3.8, 4) is 5.75 Å². The first-order valence-corrected chi connectivity index (χ1v) is 14.8. The molecule has 6 nitrogen and oxygen atoms in total. The van der Waals surface area contributed by atoms with Crippen LogP contribution in [-0.2, 0) is 9.59 Å². The summed E-state index contributed by atoms with van der Waals surface area (Å²) in [7, 11) is 0. The number of carbonyl (C=O) groups excluding carboxylic acids is 2. The lowest BCUT2D eigenvalue weighted by molar-refractivity contribution is -0.118. The van der Waals surface area contributed by atoms with Gasteiger partial charge in [-0.2, -0.15) is 0 Å². The number of aliphatic imine (C=N–C) groups is 1. The second-order valence-electron chi connectivity index (χ2n) is 8.63. The Kier molecular flexibility index (Phi) is 9.37. The minimum absolute atomic E-state index is 0.184. The summed E-state index contributed by atoms with van der Waals surface area (Å²) >= 11 is 22.7. The summed E-state index contributed by atoms with van der Waals surface area (Å²) in [5, 5.41) is 4.99. The molecule has 0 aliphatic carbocycles. The molecule has 1 aliphatic rings. The van der Waals surface area contributed by atoms with Gasteiger partial charge in [0.25, 0.3) is 11.8 Å². The highest BCUT2D eigenvalue weighted by Gasteiger charge is 2.34. The molecule has 1 fully saturated rings. The molecule has 41 heavy (non-hydrogen) atoms. The van der Waals surface area contributed by atoms with Crippen LogP contribution in [0.3, 0.4) is 0 Å². The Balaban J connectivity index is 1.34. The van der Waals surface area contributed by atoms with Crippen molar-refractivity contribution >= 4 is 103 Å². The van der Waals surface area contributed by atoms with Crippen LogP contribution in [0.25, 0.3) is 6.08 Å². The molecule has 0 unspecified atom stereocenters. The van der Waals surface area contributed by atoms with Crippen molar-refractivity contribution in [2.75, 3.05) is 16.8 Å². The van der Waals surface area contributed by atoms with Gasteiger partial charge in [-0.3, -0.25) is 14.5 Å². The molecule has 1 aliphatic heterocycles. The van der Waals surface area contributed by atoms with E-state index in [1.54, 1.807) is 95.9 Å². The van der Waals surface area contributed by atoms with Crippen LogP contribution in [0.2, 0.25) is 15.1 Å². The van der Waals surface area contributed by atoms with E-state index < -0.39 is 0 Å². The Hall–Kier alpha value is -3.27. The number of nitrogens with one attached hydrogen (secondary N) is 1. The second kappa shape index (κ2) is 13.1. The van der Waals surface area contributed by atoms with Crippen LogP contribution in [0.4, 0.5) is 17.1 Å². The van der Waals surface area contributed by atoms with E-state index >= 15 is 0 Å². The SMILES string of the molecule is O=C(COc1ccc(/C=C2\SC(=Nc3ccc(Cl)cc3)N(c3ccc(Cl)cc3)C2=O)cc1Br)Nc1ccc(Cl)cc1. The van der Waals surface area contributed by atoms with Crippen molar-refractivity contribution in [3.63, 3.8) is 0 Å². The predicted molar refractivity (Wildman–Crippen MR) is 173 cm³/mol. The van der Waals surface area contributed by atoms with Crippen molar-refractivity contribution in [3.05, 3.63) is 121 Å². The predicted octanol–water partition coefficient (Wildman–Crippen LogP) is 9.24. The molecule has 1 heterocycles. The molecule has 11 heteroatoms. The number of hydrogen-bond acceptors (Lipinski definition) is 5. The van der Waals surface area contributed by atoms with Crippen LogP contribution in [0, 0.1) is 0 Å². The third-order valence-corrected chi connectivity index (χ3v) is 8.03. The van der Waals surface area contributed by atoms with Gasteiger partial charge in [-0.15, -0.1) is 0 Å². The van der Waals surface area contributed by atoms with E-state index in [2.05, 4.69) is 21.2 Å². The highest BCUT2D eigenvalue weighted by Crippen LogP contribution is 2.38. The third kappa shape index (κ3) is 7.52. The van der Waals surface area contributed by atoms with Crippen molar-refractivity contribution in [2.24, 2.45) is 4.99 Å². The molecule has 0 aromatic heterocycles. The fraction of sp³-hybridized carbons (Fsp3) is 0.0333. The zero-order valence-electron chi connectivity index (χ0n) is 21.0. The maximum atomic E-state index is 13.6. The second-order valence-corrected chi connectivity index (χ2v) is 11.8. The van der Waals surface area contributed by atoms with Gasteiger partial charge in [0.2, 0.25) is 0 Å². The average Bonchev–Trinajstić information content (AvgIpc) is 3.25. The van der Waals surface area contributed by atoms with E-state index in [0.717, 1.165) is 5.56 Å². The summed E-state index contributed by atoms with van der Waals surface area (Å²) in [5.74, 6) is -0.0508. The number of amidine groups is 1. The van der Waals surface area contributed by atoms with E-state index in [1.165, 1.54) is 11.8 Å². The Labute approximate surface area is 264 Å². The number of carbonyl (C=O) groups is 2. The summed E-state index contributed by atoms with van der Waals surface area (Å²) in [6.07, 6.45) is 1.78. The van der Waals surface area contributed by atoms with Gasteiger partial charge in [-0.25, -0.2) is 4.99 Å². The topological polar surface area (TPSA) is 71.0 Å². The summed E-state index contributed by atoms with van der Waals surface area (Å²) in [4.78, 5) is 32.6. The first-order valence-electron chi connectivity index (χ1n) is 12.1. The van der Waals surface area contributed by atoms with Crippen LogP contribution in [0.1, 0.15) is 5.56 Å². The summed E-state index contributed by atoms with van der Waals surface area (Å²) in [6, 6.07) is 26.2. The number of amides is 2. The number of hydrogen-bond donors (Lipinski definition) is 1. The first-order chi connectivity index (χ1) is 19.7. The Bertz CT molecular complexity index is 1660. The molecule has 0 spiro atoms. The van der Waals surface area contributed by atoms with Crippen LogP contribution in [-0.4, -0.2) is 23.6 Å². The van der Waals surface area contributed by atoms with Gasteiger partial charge >= 0.3 is 0 Å². The van der Waals surface area contributed by atoms with Gasteiger partial charge in [0.15, 0.2) is 11.8 Å². The third-order valence-electron chi connectivity index (χ3n) is 5.68. The summed E-state index contributed by atoms with van der Waals surface area (Å²) < 4.78 is 6.32. The highest BCUT2D eigenvalue weighted by molar-refractivity contribution is 9.10.